The van der Waals surface area contributed by atoms with Crippen LogP contribution in [0.3, 0.4) is 0 Å². The predicted molar refractivity (Wildman–Crippen MR) is 109 cm³/mol. The van der Waals surface area contributed by atoms with E-state index < -0.39 is 34.4 Å². The molecule has 8 heteroatoms. The van der Waals surface area contributed by atoms with Crippen LogP contribution in [0.5, 0.6) is 0 Å². The molecule has 30 heavy (non-hydrogen) atoms. The van der Waals surface area contributed by atoms with Gasteiger partial charge in [0.1, 0.15) is 11.6 Å². The highest BCUT2D eigenvalue weighted by molar-refractivity contribution is 6.01. The van der Waals surface area contributed by atoms with Gasteiger partial charge in [0.25, 0.3) is 11.6 Å². The number of non-ortho nitro benzene ring substituents is 1. The van der Waals surface area contributed by atoms with E-state index >= 15 is 0 Å². The molecule has 2 aromatic carbocycles. The zero-order chi connectivity index (χ0) is 21.4. The summed E-state index contributed by atoms with van der Waals surface area (Å²) in [5.41, 5.74) is 0.687. The molecule has 1 aliphatic heterocycles. The topological polar surface area (TPSA) is 75.5 Å². The van der Waals surface area contributed by atoms with Gasteiger partial charge in [-0.05, 0) is 43.4 Å². The molecule has 2 aromatic rings. The average Bonchev–Trinajstić information content (AvgIpc) is 3.46. The molecule has 0 aromatic heterocycles. The molecule has 1 saturated carbocycles. The van der Waals surface area contributed by atoms with Crippen LogP contribution < -0.4 is 10.2 Å². The zero-order valence-corrected chi connectivity index (χ0v) is 16.6. The van der Waals surface area contributed by atoms with Crippen LogP contribution in [0.25, 0.3) is 0 Å². The van der Waals surface area contributed by atoms with Gasteiger partial charge in [-0.3, -0.25) is 14.9 Å². The van der Waals surface area contributed by atoms with Crippen molar-refractivity contribution in [2.45, 2.75) is 38.1 Å². The third kappa shape index (κ3) is 3.99. The quantitative estimate of drug-likeness (QED) is 0.580. The van der Waals surface area contributed by atoms with Gasteiger partial charge in [-0.2, -0.15) is 0 Å². The van der Waals surface area contributed by atoms with E-state index in [1.54, 1.807) is 6.07 Å². The van der Waals surface area contributed by atoms with Crippen molar-refractivity contribution in [3.05, 3.63) is 69.3 Å². The highest BCUT2D eigenvalue weighted by Gasteiger charge is 2.43. The predicted octanol–water partition coefficient (Wildman–Crippen LogP) is 4.40. The van der Waals surface area contributed by atoms with E-state index in [0.717, 1.165) is 25.9 Å². The Morgan fingerprint density at radius 3 is 2.47 bits per heavy atom. The van der Waals surface area contributed by atoms with E-state index in [1.165, 1.54) is 30.3 Å². The first kappa shape index (κ1) is 20.3. The molecule has 1 heterocycles. The number of halogens is 2. The lowest BCUT2D eigenvalue weighted by atomic mass is 9.98. The lowest BCUT2D eigenvalue weighted by Crippen LogP contribution is -2.35. The van der Waals surface area contributed by atoms with Crippen molar-refractivity contribution in [3.8, 4) is 0 Å². The molecule has 1 N–H and O–H groups in total. The van der Waals surface area contributed by atoms with E-state index in [1.807, 2.05) is 0 Å². The summed E-state index contributed by atoms with van der Waals surface area (Å²) in [6, 6.07) is 7.60. The number of nitro groups is 1. The molecule has 0 unspecified atom stereocenters. The second-order valence-electron chi connectivity index (χ2n) is 8.19. The van der Waals surface area contributed by atoms with Crippen LogP contribution >= 0.6 is 0 Å². The van der Waals surface area contributed by atoms with E-state index in [-0.39, 0.29) is 16.8 Å². The number of piperidine rings is 1. The van der Waals surface area contributed by atoms with Crippen molar-refractivity contribution in [2.75, 3.05) is 18.0 Å². The number of carbonyl (C=O) groups is 1. The maximum absolute atomic E-state index is 14.0. The lowest BCUT2D eigenvalue weighted by Gasteiger charge is -2.33. The van der Waals surface area contributed by atoms with Crippen molar-refractivity contribution in [1.82, 2.24) is 5.32 Å². The lowest BCUT2D eigenvalue weighted by molar-refractivity contribution is -0.384. The molecule has 2 atom stereocenters. The first-order chi connectivity index (χ1) is 14.3. The Bertz CT molecular complexity index is 969. The fourth-order valence-corrected chi connectivity index (χ4v) is 4.13. The van der Waals surface area contributed by atoms with Crippen molar-refractivity contribution in [3.63, 3.8) is 0 Å². The molecule has 158 valence electrons. The summed E-state index contributed by atoms with van der Waals surface area (Å²) < 4.78 is 28.0. The largest absolute Gasteiger partial charge is 0.371 e. The highest BCUT2D eigenvalue weighted by Crippen LogP contribution is 2.43. The van der Waals surface area contributed by atoms with Gasteiger partial charge >= 0.3 is 0 Å². The first-order valence-corrected chi connectivity index (χ1v) is 10.1. The summed E-state index contributed by atoms with van der Waals surface area (Å²) >= 11 is 0. The third-order valence-corrected chi connectivity index (χ3v) is 6.04. The van der Waals surface area contributed by atoms with Gasteiger partial charge in [-0.1, -0.05) is 13.0 Å². The molecule has 2 fully saturated rings. The van der Waals surface area contributed by atoms with Crippen LogP contribution in [0.2, 0.25) is 0 Å². The SMILES string of the molecule is CC1CCN(c2ccc([N+](=O)[O-])cc2C(=O)N[C@H]2C[C@@H]2c2c(F)cccc2F)CC1. The number of hydrogen-bond acceptors (Lipinski definition) is 4. The van der Waals surface area contributed by atoms with Crippen LogP contribution in [0.1, 0.15) is 48.0 Å². The Kier molecular flexibility index (Phi) is 5.40. The monoisotopic (exact) mass is 415 g/mol. The maximum atomic E-state index is 14.0. The van der Waals surface area contributed by atoms with E-state index in [2.05, 4.69) is 17.1 Å². The Balaban J connectivity index is 1.56. The number of nitrogens with one attached hydrogen (secondary N) is 1. The standard InChI is InChI=1S/C22H23F2N3O3/c1-13-7-9-26(10-8-13)20-6-5-14(27(29)30)11-16(20)22(28)25-19-12-15(19)21-17(23)3-2-4-18(21)24/h2-6,11,13,15,19H,7-10,12H2,1H3,(H,25,28)/t15-,19-/m0/s1. The molecule has 1 aliphatic carbocycles. The summed E-state index contributed by atoms with van der Waals surface area (Å²) in [4.78, 5) is 25.8. The van der Waals surface area contributed by atoms with Crippen molar-refractivity contribution in [2.24, 2.45) is 5.92 Å². The van der Waals surface area contributed by atoms with Crippen LogP contribution in [0, 0.1) is 27.7 Å². The number of anilines is 1. The number of rotatable bonds is 5. The molecule has 6 nitrogen and oxygen atoms in total. The van der Waals surface area contributed by atoms with E-state index in [4.69, 9.17) is 0 Å². The number of benzene rings is 2. The van der Waals surface area contributed by atoms with Gasteiger partial charge in [0.05, 0.1) is 16.2 Å². The molecule has 4 rings (SSSR count). The molecule has 1 amide bonds. The average molecular weight is 415 g/mol. The molecule has 1 saturated heterocycles. The van der Waals surface area contributed by atoms with Crippen LogP contribution in [0.4, 0.5) is 20.2 Å². The third-order valence-electron chi connectivity index (χ3n) is 6.04. The fraction of sp³-hybridized carbons (Fsp3) is 0.409. The molecular weight excluding hydrogens is 392 g/mol. The van der Waals surface area contributed by atoms with Gasteiger partial charge in [0.2, 0.25) is 0 Å². The molecule has 0 radical (unpaired) electrons. The van der Waals surface area contributed by atoms with Crippen molar-refractivity contribution >= 4 is 17.3 Å². The molecular formula is C22H23F2N3O3. The van der Waals surface area contributed by atoms with E-state index in [9.17, 15) is 23.7 Å². The summed E-state index contributed by atoms with van der Waals surface area (Å²) in [5.74, 6) is -1.56. The number of nitrogens with zero attached hydrogens (tertiary/aromatic N) is 2. The Labute approximate surface area is 173 Å². The summed E-state index contributed by atoms with van der Waals surface area (Å²) in [7, 11) is 0. The van der Waals surface area contributed by atoms with Crippen molar-refractivity contribution in [1.29, 1.82) is 0 Å². The summed E-state index contributed by atoms with van der Waals surface area (Å²) in [6.45, 7) is 3.72. The summed E-state index contributed by atoms with van der Waals surface area (Å²) in [5, 5.41) is 14.0. The van der Waals surface area contributed by atoms with Crippen molar-refractivity contribution < 1.29 is 18.5 Å². The minimum atomic E-state index is -0.629. The Morgan fingerprint density at radius 2 is 1.83 bits per heavy atom. The Hall–Kier alpha value is -3.03. The number of amides is 1. The number of carbonyl (C=O) groups excluding carboxylic acids is 1. The maximum Gasteiger partial charge on any atom is 0.270 e. The van der Waals surface area contributed by atoms with Gasteiger partial charge in [0.15, 0.2) is 0 Å². The van der Waals surface area contributed by atoms with Gasteiger partial charge in [-0.25, -0.2) is 8.78 Å². The normalized spacial score (nSPS) is 21.4. The minimum Gasteiger partial charge on any atom is -0.371 e. The number of hydrogen-bond donors (Lipinski definition) is 1. The minimum absolute atomic E-state index is 0.0212. The molecule has 2 aliphatic rings. The van der Waals surface area contributed by atoms with E-state index in [0.29, 0.717) is 18.0 Å². The molecule has 0 spiro atoms. The van der Waals surface area contributed by atoms with Crippen LogP contribution in [0.15, 0.2) is 36.4 Å². The second-order valence-corrected chi connectivity index (χ2v) is 8.19. The summed E-state index contributed by atoms with van der Waals surface area (Å²) in [6.07, 6.45) is 2.39. The Morgan fingerprint density at radius 1 is 1.17 bits per heavy atom. The second kappa shape index (κ2) is 8.01. The highest BCUT2D eigenvalue weighted by atomic mass is 19.1. The first-order valence-electron chi connectivity index (χ1n) is 10.1. The van der Waals surface area contributed by atoms with Gasteiger partial charge in [0, 0.05) is 42.7 Å². The van der Waals surface area contributed by atoms with Gasteiger partial charge in [-0.15, -0.1) is 0 Å². The zero-order valence-electron chi connectivity index (χ0n) is 16.6. The van der Waals surface area contributed by atoms with Crippen LogP contribution in [-0.2, 0) is 0 Å². The fourth-order valence-electron chi connectivity index (χ4n) is 4.13. The van der Waals surface area contributed by atoms with Gasteiger partial charge < -0.3 is 10.2 Å². The van der Waals surface area contributed by atoms with Crippen LogP contribution in [-0.4, -0.2) is 30.0 Å². The molecule has 0 bridgehead atoms. The number of nitro benzene ring substituents is 1. The smallest absolute Gasteiger partial charge is 0.270 e.